The number of nitrogens with one attached hydrogen (secondary N) is 1. The molecule has 0 aliphatic carbocycles. The summed E-state index contributed by atoms with van der Waals surface area (Å²) in [6.45, 7) is 0.353. The van der Waals surface area contributed by atoms with E-state index in [1.165, 1.54) is 6.33 Å². The molecule has 0 aliphatic rings. The SMILES string of the molecule is Nc1nc2c(ncn2CC#CCOCP(O)O)c(=O)[nH]1. The highest BCUT2D eigenvalue weighted by molar-refractivity contribution is 7.44. The standard InChI is InChI=1S/C10H12N5O4P/c11-10-13-8-7(9(16)14-10)12-5-15(8)3-1-2-4-19-6-20(17)18/h5,17-18H,3-4,6H2,(H3,11,13,14,16). The Hall–Kier alpha value is -1.98. The molecule has 2 heterocycles. The summed E-state index contributed by atoms with van der Waals surface area (Å²) in [5.41, 5.74) is 5.62. The van der Waals surface area contributed by atoms with E-state index >= 15 is 0 Å². The second-order valence-corrected chi connectivity index (χ2v) is 4.70. The van der Waals surface area contributed by atoms with E-state index in [-0.39, 0.29) is 31.0 Å². The van der Waals surface area contributed by atoms with Gasteiger partial charge in [-0.3, -0.25) is 9.78 Å². The van der Waals surface area contributed by atoms with E-state index in [0.29, 0.717) is 5.65 Å². The number of aromatic amines is 1. The highest BCUT2D eigenvalue weighted by Gasteiger charge is 2.07. The average Bonchev–Trinajstić information content (AvgIpc) is 2.76. The number of aromatic nitrogens is 4. The molecule has 0 saturated carbocycles. The Kier molecular flexibility index (Phi) is 4.65. The van der Waals surface area contributed by atoms with Gasteiger partial charge in [0.15, 0.2) is 19.5 Å². The largest absolute Gasteiger partial charge is 0.369 e. The fraction of sp³-hybridized carbons (Fsp3) is 0.300. The van der Waals surface area contributed by atoms with Crippen LogP contribution in [0.3, 0.4) is 0 Å². The van der Waals surface area contributed by atoms with Crippen molar-refractivity contribution < 1.29 is 14.5 Å². The Morgan fingerprint density at radius 2 is 2.30 bits per heavy atom. The minimum absolute atomic E-state index is 0.0137. The van der Waals surface area contributed by atoms with Gasteiger partial charge in [0, 0.05) is 0 Å². The molecule has 0 aromatic carbocycles. The number of rotatable bonds is 4. The van der Waals surface area contributed by atoms with Crippen molar-refractivity contribution >= 4 is 25.5 Å². The summed E-state index contributed by atoms with van der Waals surface area (Å²) in [5.74, 6) is 5.50. The van der Waals surface area contributed by atoms with Gasteiger partial charge in [0.05, 0.1) is 12.9 Å². The van der Waals surface area contributed by atoms with E-state index in [9.17, 15) is 4.79 Å². The van der Waals surface area contributed by atoms with E-state index in [1.807, 2.05) is 0 Å². The zero-order valence-electron chi connectivity index (χ0n) is 10.3. The summed E-state index contributed by atoms with van der Waals surface area (Å²) in [6, 6.07) is 0. The lowest BCUT2D eigenvalue weighted by atomic mass is 10.5. The predicted octanol–water partition coefficient (Wildman–Crippen LogP) is -1.02. The number of nitrogens with two attached hydrogens (primary N) is 1. The monoisotopic (exact) mass is 297 g/mol. The Morgan fingerprint density at radius 3 is 3.05 bits per heavy atom. The van der Waals surface area contributed by atoms with Crippen LogP contribution in [-0.4, -0.2) is 42.3 Å². The Bertz CT molecular complexity index is 714. The molecule has 0 spiro atoms. The van der Waals surface area contributed by atoms with E-state index in [2.05, 4.69) is 26.8 Å². The van der Waals surface area contributed by atoms with Crippen molar-refractivity contribution in [2.24, 2.45) is 0 Å². The van der Waals surface area contributed by atoms with Crippen LogP contribution in [0, 0.1) is 11.8 Å². The summed E-state index contributed by atoms with van der Waals surface area (Å²) < 4.78 is 6.46. The number of anilines is 1. The second kappa shape index (κ2) is 6.45. The Morgan fingerprint density at radius 1 is 1.50 bits per heavy atom. The van der Waals surface area contributed by atoms with Gasteiger partial charge in [-0.2, -0.15) is 4.98 Å². The quantitative estimate of drug-likeness (QED) is 0.321. The van der Waals surface area contributed by atoms with Crippen LogP contribution in [0.2, 0.25) is 0 Å². The number of ether oxygens (including phenoxy) is 1. The van der Waals surface area contributed by atoms with Gasteiger partial charge in [0.25, 0.3) is 5.56 Å². The minimum atomic E-state index is -2.06. The summed E-state index contributed by atoms with van der Waals surface area (Å²) in [6.07, 6.45) is 1.31. The third-order valence-electron chi connectivity index (χ3n) is 2.25. The molecule has 0 radical (unpaired) electrons. The number of H-pyrrole nitrogens is 1. The molecular weight excluding hydrogens is 285 g/mol. The summed E-state index contributed by atoms with van der Waals surface area (Å²) in [5, 5.41) is 0. The summed E-state index contributed by atoms with van der Waals surface area (Å²) in [7, 11) is -2.06. The number of hydrogen-bond donors (Lipinski definition) is 4. The molecule has 2 aromatic rings. The smallest absolute Gasteiger partial charge is 0.280 e. The van der Waals surface area contributed by atoms with Crippen LogP contribution < -0.4 is 11.3 Å². The van der Waals surface area contributed by atoms with Crippen molar-refractivity contribution in [2.75, 3.05) is 18.7 Å². The van der Waals surface area contributed by atoms with E-state index < -0.39 is 13.9 Å². The number of hydrogen-bond acceptors (Lipinski definition) is 7. The van der Waals surface area contributed by atoms with Crippen LogP contribution in [0.15, 0.2) is 11.1 Å². The second-order valence-electron chi connectivity index (χ2n) is 3.70. The van der Waals surface area contributed by atoms with Crippen molar-refractivity contribution in [3.8, 4) is 11.8 Å². The van der Waals surface area contributed by atoms with Crippen molar-refractivity contribution in [3.63, 3.8) is 0 Å². The fourth-order valence-electron chi connectivity index (χ4n) is 1.46. The van der Waals surface area contributed by atoms with E-state index in [4.69, 9.17) is 20.3 Å². The van der Waals surface area contributed by atoms with Gasteiger partial charge in [0.2, 0.25) is 5.95 Å². The Balaban J connectivity index is 2.04. The van der Waals surface area contributed by atoms with Crippen LogP contribution in [0.1, 0.15) is 0 Å². The molecule has 0 fully saturated rings. The first-order chi connectivity index (χ1) is 9.58. The lowest BCUT2D eigenvalue weighted by Crippen LogP contribution is -2.12. The topological polar surface area (TPSA) is 139 Å². The van der Waals surface area contributed by atoms with Crippen LogP contribution in [0.4, 0.5) is 5.95 Å². The minimum Gasteiger partial charge on any atom is -0.369 e. The number of imidazole rings is 1. The maximum Gasteiger partial charge on any atom is 0.280 e. The molecule has 0 bridgehead atoms. The van der Waals surface area contributed by atoms with Crippen molar-refractivity contribution in [1.29, 1.82) is 0 Å². The van der Waals surface area contributed by atoms with Crippen molar-refractivity contribution in [2.45, 2.75) is 6.54 Å². The van der Waals surface area contributed by atoms with Gasteiger partial charge in [-0.15, -0.1) is 0 Å². The predicted molar refractivity (Wildman–Crippen MR) is 72.5 cm³/mol. The molecule has 10 heteroatoms. The molecule has 2 rings (SSSR count). The molecule has 0 saturated heterocycles. The highest BCUT2D eigenvalue weighted by atomic mass is 31.2. The van der Waals surface area contributed by atoms with E-state index in [0.717, 1.165) is 0 Å². The molecule has 0 amide bonds. The first kappa shape index (κ1) is 14.4. The third-order valence-corrected chi connectivity index (χ3v) is 2.66. The fourth-order valence-corrected chi connectivity index (χ4v) is 1.71. The van der Waals surface area contributed by atoms with Gasteiger partial charge in [-0.05, 0) is 0 Å². The molecular formula is C10H12N5O4P. The molecule has 9 nitrogen and oxygen atoms in total. The zero-order chi connectivity index (χ0) is 14.5. The third kappa shape index (κ3) is 3.53. The van der Waals surface area contributed by atoms with Gasteiger partial charge in [0.1, 0.15) is 13.0 Å². The van der Waals surface area contributed by atoms with Gasteiger partial charge in [-0.25, -0.2) is 4.98 Å². The summed E-state index contributed by atoms with van der Waals surface area (Å²) >= 11 is 0. The maximum absolute atomic E-state index is 11.5. The molecule has 5 N–H and O–H groups in total. The van der Waals surface area contributed by atoms with Gasteiger partial charge in [-0.1, -0.05) is 11.8 Å². The van der Waals surface area contributed by atoms with Crippen LogP contribution in [-0.2, 0) is 11.3 Å². The molecule has 0 unspecified atom stereocenters. The van der Waals surface area contributed by atoms with Crippen LogP contribution in [0.5, 0.6) is 0 Å². The number of nitrogens with zero attached hydrogens (tertiary/aromatic N) is 3. The number of fused-ring (bicyclic) bond motifs is 1. The molecule has 0 atom stereocenters. The average molecular weight is 297 g/mol. The zero-order valence-corrected chi connectivity index (χ0v) is 11.2. The molecule has 20 heavy (non-hydrogen) atoms. The lowest BCUT2D eigenvalue weighted by molar-refractivity contribution is 0.203. The van der Waals surface area contributed by atoms with Crippen LogP contribution in [0.25, 0.3) is 11.2 Å². The van der Waals surface area contributed by atoms with E-state index in [1.54, 1.807) is 4.57 Å². The number of nitrogen functional groups attached to an aromatic ring is 1. The molecule has 0 aliphatic heterocycles. The summed E-state index contributed by atoms with van der Waals surface area (Å²) in [4.78, 5) is 39.0. The lowest BCUT2D eigenvalue weighted by Gasteiger charge is -1.99. The van der Waals surface area contributed by atoms with Crippen LogP contribution >= 0.6 is 8.38 Å². The molecule has 106 valence electrons. The molecule has 2 aromatic heterocycles. The van der Waals surface area contributed by atoms with Crippen molar-refractivity contribution in [1.82, 2.24) is 19.5 Å². The van der Waals surface area contributed by atoms with Crippen molar-refractivity contribution in [3.05, 3.63) is 16.7 Å². The Labute approximate surface area is 114 Å². The maximum atomic E-state index is 11.5. The van der Waals surface area contributed by atoms with Gasteiger partial charge < -0.3 is 24.8 Å². The first-order valence-electron chi connectivity index (χ1n) is 5.47. The first-order valence-corrected chi connectivity index (χ1v) is 6.90. The highest BCUT2D eigenvalue weighted by Crippen LogP contribution is 2.21. The van der Waals surface area contributed by atoms with Gasteiger partial charge >= 0.3 is 0 Å². The normalized spacial score (nSPS) is 10.8.